The number of aryl methyl sites for hydroxylation is 1. The van der Waals surface area contributed by atoms with Crippen molar-refractivity contribution in [3.63, 3.8) is 0 Å². The summed E-state index contributed by atoms with van der Waals surface area (Å²) >= 11 is 0. The van der Waals surface area contributed by atoms with Crippen LogP contribution in [-0.4, -0.2) is 26.1 Å². The highest BCUT2D eigenvalue weighted by atomic mass is 16.5. The van der Waals surface area contributed by atoms with E-state index in [1.54, 1.807) is 37.5 Å². The quantitative estimate of drug-likeness (QED) is 0.441. The average Bonchev–Trinajstić information content (AvgIpc) is 2.54. The predicted molar refractivity (Wildman–Crippen MR) is 88.4 cm³/mol. The molecule has 0 aliphatic carbocycles. The van der Waals surface area contributed by atoms with Crippen LogP contribution in [0.5, 0.6) is 5.75 Å². The van der Waals surface area contributed by atoms with E-state index in [0.717, 1.165) is 11.3 Å². The highest BCUT2D eigenvalue weighted by Crippen LogP contribution is 2.14. The molecule has 2 aromatic carbocycles. The van der Waals surface area contributed by atoms with Crippen LogP contribution in [0.4, 0.5) is 0 Å². The first-order valence-electron chi connectivity index (χ1n) is 7.20. The smallest absolute Gasteiger partial charge is 0.185 e. The molecule has 0 aromatic heterocycles. The average molecular weight is 296 g/mol. The molecule has 0 fully saturated rings. The fraction of sp³-hybridized carbons (Fsp3) is 0.211. The molecule has 0 saturated heterocycles. The Kier molecular flexibility index (Phi) is 5.92. The van der Waals surface area contributed by atoms with E-state index in [9.17, 15) is 4.79 Å². The summed E-state index contributed by atoms with van der Waals surface area (Å²) in [7, 11) is 1.63. The van der Waals surface area contributed by atoms with Gasteiger partial charge in [0.2, 0.25) is 0 Å². The van der Waals surface area contributed by atoms with Gasteiger partial charge in [-0.05, 0) is 42.8 Å². The van der Waals surface area contributed by atoms with Crippen LogP contribution in [0.2, 0.25) is 0 Å². The van der Waals surface area contributed by atoms with Crippen molar-refractivity contribution in [2.24, 2.45) is 0 Å². The predicted octanol–water partition coefficient (Wildman–Crippen LogP) is 3.92. The summed E-state index contributed by atoms with van der Waals surface area (Å²) in [4.78, 5) is 12.1. The highest BCUT2D eigenvalue weighted by molar-refractivity contribution is 6.06. The van der Waals surface area contributed by atoms with Crippen LogP contribution in [0.25, 0.3) is 6.08 Å². The molecule has 2 rings (SSSR count). The van der Waals surface area contributed by atoms with Crippen LogP contribution in [0, 0.1) is 6.92 Å². The maximum Gasteiger partial charge on any atom is 0.185 e. The third kappa shape index (κ3) is 4.86. The van der Waals surface area contributed by atoms with Gasteiger partial charge < -0.3 is 9.47 Å². The molecule has 0 aliphatic rings. The zero-order valence-electron chi connectivity index (χ0n) is 12.9. The molecular weight excluding hydrogens is 276 g/mol. The van der Waals surface area contributed by atoms with Crippen LogP contribution >= 0.6 is 0 Å². The molecule has 2 aromatic rings. The Labute approximate surface area is 131 Å². The van der Waals surface area contributed by atoms with E-state index < -0.39 is 0 Å². The number of ketones is 1. The molecule has 22 heavy (non-hydrogen) atoms. The summed E-state index contributed by atoms with van der Waals surface area (Å²) in [6.45, 7) is 3.07. The van der Waals surface area contributed by atoms with Gasteiger partial charge in [-0.2, -0.15) is 0 Å². The molecule has 0 atom stereocenters. The van der Waals surface area contributed by atoms with Crippen molar-refractivity contribution in [1.29, 1.82) is 0 Å². The maximum atomic E-state index is 12.1. The van der Waals surface area contributed by atoms with Gasteiger partial charge in [-0.15, -0.1) is 0 Å². The topological polar surface area (TPSA) is 35.5 Å². The first-order valence-corrected chi connectivity index (χ1v) is 7.20. The summed E-state index contributed by atoms with van der Waals surface area (Å²) in [6.07, 6.45) is 3.42. The number of benzene rings is 2. The van der Waals surface area contributed by atoms with Crippen molar-refractivity contribution in [1.82, 2.24) is 0 Å². The van der Waals surface area contributed by atoms with E-state index in [1.807, 2.05) is 37.3 Å². The van der Waals surface area contributed by atoms with Crippen molar-refractivity contribution < 1.29 is 14.3 Å². The molecule has 0 bridgehead atoms. The Morgan fingerprint density at radius 1 is 1.09 bits per heavy atom. The van der Waals surface area contributed by atoms with Crippen LogP contribution in [0.3, 0.4) is 0 Å². The van der Waals surface area contributed by atoms with E-state index in [-0.39, 0.29) is 5.78 Å². The normalized spacial score (nSPS) is 10.8. The molecule has 3 heteroatoms. The third-order valence-electron chi connectivity index (χ3n) is 3.16. The summed E-state index contributed by atoms with van der Waals surface area (Å²) in [5.41, 5.74) is 2.84. The largest absolute Gasteiger partial charge is 0.491 e. The Morgan fingerprint density at radius 2 is 1.86 bits per heavy atom. The second-order valence-electron chi connectivity index (χ2n) is 4.98. The van der Waals surface area contributed by atoms with Crippen molar-refractivity contribution in [2.75, 3.05) is 20.3 Å². The molecule has 0 spiro atoms. The van der Waals surface area contributed by atoms with E-state index in [1.165, 1.54) is 5.56 Å². The lowest BCUT2D eigenvalue weighted by molar-refractivity contribution is 0.104. The zero-order valence-corrected chi connectivity index (χ0v) is 12.9. The monoisotopic (exact) mass is 296 g/mol. The minimum Gasteiger partial charge on any atom is -0.491 e. The summed E-state index contributed by atoms with van der Waals surface area (Å²) in [6, 6.07) is 15.1. The van der Waals surface area contributed by atoms with Crippen LogP contribution in [-0.2, 0) is 4.74 Å². The van der Waals surface area contributed by atoms with Gasteiger partial charge in [0.25, 0.3) is 0 Å². The van der Waals surface area contributed by atoms with E-state index >= 15 is 0 Å². The van der Waals surface area contributed by atoms with Gasteiger partial charge in [0.1, 0.15) is 12.4 Å². The Morgan fingerprint density at radius 3 is 2.55 bits per heavy atom. The van der Waals surface area contributed by atoms with Gasteiger partial charge in [-0.3, -0.25) is 4.79 Å². The number of methoxy groups -OCH3 is 1. The molecule has 0 aliphatic heterocycles. The van der Waals surface area contributed by atoms with E-state index in [0.29, 0.717) is 18.8 Å². The number of carbonyl (C=O) groups excluding carboxylic acids is 1. The minimum atomic E-state index is -0.0232. The number of rotatable bonds is 7. The van der Waals surface area contributed by atoms with Crippen molar-refractivity contribution in [3.05, 3.63) is 71.3 Å². The maximum absolute atomic E-state index is 12.1. The number of hydrogen-bond donors (Lipinski definition) is 0. The lowest BCUT2D eigenvalue weighted by atomic mass is 10.1. The Hall–Kier alpha value is -2.39. The third-order valence-corrected chi connectivity index (χ3v) is 3.16. The van der Waals surface area contributed by atoms with Crippen molar-refractivity contribution in [3.8, 4) is 5.75 Å². The van der Waals surface area contributed by atoms with Gasteiger partial charge in [0.15, 0.2) is 5.78 Å². The van der Waals surface area contributed by atoms with Crippen LogP contribution < -0.4 is 4.74 Å². The zero-order chi connectivity index (χ0) is 15.8. The lowest BCUT2D eigenvalue weighted by Gasteiger charge is -2.05. The van der Waals surface area contributed by atoms with Crippen molar-refractivity contribution in [2.45, 2.75) is 6.92 Å². The second kappa shape index (κ2) is 8.15. The van der Waals surface area contributed by atoms with Crippen LogP contribution in [0.15, 0.2) is 54.6 Å². The fourth-order valence-corrected chi connectivity index (χ4v) is 2.00. The number of hydrogen-bond acceptors (Lipinski definition) is 3. The number of allylic oxidation sites excluding steroid dienone is 1. The molecule has 0 heterocycles. The minimum absolute atomic E-state index is 0.0232. The van der Waals surface area contributed by atoms with Gasteiger partial charge in [-0.25, -0.2) is 0 Å². The molecule has 0 saturated carbocycles. The van der Waals surface area contributed by atoms with E-state index in [4.69, 9.17) is 9.47 Å². The molecule has 0 unspecified atom stereocenters. The van der Waals surface area contributed by atoms with Crippen LogP contribution in [0.1, 0.15) is 21.5 Å². The molecular formula is C19H20O3. The summed E-state index contributed by atoms with van der Waals surface area (Å²) in [5.74, 6) is 0.709. The lowest BCUT2D eigenvalue weighted by Crippen LogP contribution is -2.04. The molecule has 3 nitrogen and oxygen atoms in total. The molecule has 114 valence electrons. The van der Waals surface area contributed by atoms with E-state index in [2.05, 4.69) is 0 Å². The molecule has 0 radical (unpaired) electrons. The first-order chi connectivity index (χ1) is 10.7. The number of ether oxygens (including phenoxy) is 2. The fourth-order valence-electron chi connectivity index (χ4n) is 2.00. The van der Waals surface area contributed by atoms with Gasteiger partial charge >= 0.3 is 0 Å². The molecule has 0 amide bonds. The Balaban J connectivity index is 1.97. The second-order valence-corrected chi connectivity index (χ2v) is 4.98. The summed E-state index contributed by atoms with van der Waals surface area (Å²) < 4.78 is 10.4. The molecule has 0 N–H and O–H groups in total. The highest BCUT2D eigenvalue weighted by Gasteiger charge is 2.02. The van der Waals surface area contributed by atoms with Crippen molar-refractivity contribution >= 4 is 11.9 Å². The standard InChI is InChI=1S/C19H20O3/c1-15-4-3-5-16(14-15)6-11-19(20)17-7-9-18(10-8-17)22-13-12-21-2/h3-11,14H,12-13H2,1-2H3/b11-6+. The van der Waals surface area contributed by atoms with Gasteiger partial charge in [0, 0.05) is 12.7 Å². The van der Waals surface area contributed by atoms with Gasteiger partial charge in [0.05, 0.1) is 6.61 Å². The number of carbonyl (C=O) groups is 1. The van der Waals surface area contributed by atoms with Gasteiger partial charge in [-0.1, -0.05) is 35.9 Å². The summed E-state index contributed by atoms with van der Waals surface area (Å²) in [5, 5.41) is 0. The Bertz CT molecular complexity index is 642. The SMILES string of the molecule is COCCOc1ccc(C(=O)/C=C/c2cccc(C)c2)cc1. The first kappa shape index (κ1) is 16.0.